The van der Waals surface area contributed by atoms with Crippen molar-refractivity contribution in [3.63, 3.8) is 0 Å². The number of aromatic nitrogens is 3. The fraction of sp³-hybridized carbons (Fsp3) is 0.250. The molecule has 0 aliphatic rings. The van der Waals surface area contributed by atoms with E-state index in [0.29, 0.717) is 11.3 Å². The van der Waals surface area contributed by atoms with Crippen molar-refractivity contribution in [1.29, 1.82) is 0 Å². The Labute approximate surface area is 165 Å². The van der Waals surface area contributed by atoms with Gasteiger partial charge in [-0.2, -0.15) is 0 Å². The van der Waals surface area contributed by atoms with Gasteiger partial charge in [0.25, 0.3) is 0 Å². The summed E-state index contributed by atoms with van der Waals surface area (Å²) in [6, 6.07) is 9.74. The molecule has 3 heterocycles. The van der Waals surface area contributed by atoms with Gasteiger partial charge in [0.05, 0.1) is 4.88 Å². The van der Waals surface area contributed by atoms with Crippen LogP contribution in [0, 0.1) is 13.8 Å². The van der Waals surface area contributed by atoms with Crippen molar-refractivity contribution in [3.8, 4) is 10.7 Å². The van der Waals surface area contributed by atoms with Crippen molar-refractivity contribution in [3.05, 3.63) is 62.8 Å². The molecule has 3 aromatic heterocycles. The minimum absolute atomic E-state index is 0.317. The Kier molecular flexibility index (Phi) is 4.88. The van der Waals surface area contributed by atoms with Gasteiger partial charge in [0.1, 0.15) is 5.58 Å². The summed E-state index contributed by atoms with van der Waals surface area (Å²) in [7, 11) is 0. The van der Waals surface area contributed by atoms with Gasteiger partial charge in [-0.3, -0.25) is 0 Å². The zero-order valence-corrected chi connectivity index (χ0v) is 17.0. The summed E-state index contributed by atoms with van der Waals surface area (Å²) in [4.78, 5) is 13.2. The lowest BCUT2D eigenvalue weighted by molar-refractivity contribution is 0.557. The number of fused-ring (bicyclic) bond motifs is 1. The highest BCUT2D eigenvalue weighted by Gasteiger charge is 2.15. The summed E-state index contributed by atoms with van der Waals surface area (Å²) in [6.07, 6.45) is 0. The molecule has 27 heavy (non-hydrogen) atoms. The number of nitrogens with zero attached hydrogens (tertiary/aromatic N) is 3. The van der Waals surface area contributed by atoms with Gasteiger partial charge in [-0.15, -0.1) is 21.5 Å². The van der Waals surface area contributed by atoms with Crippen LogP contribution in [0.4, 0.5) is 0 Å². The monoisotopic (exact) mass is 397 g/mol. The molecule has 0 bridgehead atoms. The van der Waals surface area contributed by atoms with Crippen molar-refractivity contribution in [2.45, 2.75) is 38.2 Å². The van der Waals surface area contributed by atoms with E-state index in [4.69, 9.17) is 4.42 Å². The average molecular weight is 398 g/mol. The third kappa shape index (κ3) is 3.33. The molecule has 138 valence electrons. The molecular formula is C20H19N3O2S2. The van der Waals surface area contributed by atoms with Gasteiger partial charge in [-0.25, -0.2) is 4.79 Å². The van der Waals surface area contributed by atoms with Crippen LogP contribution in [0.15, 0.2) is 50.1 Å². The van der Waals surface area contributed by atoms with E-state index in [1.807, 2.05) is 31.4 Å². The van der Waals surface area contributed by atoms with Gasteiger partial charge < -0.3 is 8.98 Å². The number of hydrogen-bond acceptors (Lipinski definition) is 6. The SMILES string of the molecule is CCn1c(SCc2cc(=O)oc3c(C)c(C)ccc23)nnc1-c1cccs1. The molecule has 0 saturated carbocycles. The van der Waals surface area contributed by atoms with Gasteiger partial charge >= 0.3 is 5.63 Å². The second kappa shape index (κ2) is 7.32. The van der Waals surface area contributed by atoms with Crippen LogP contribution in [-0.4, -0.2) is 14.8 Å². The molecule has 0 atom stereocenters. The van der Waals surface area contributed by atoms with Crippen LogP contribution in [0.1, 0.15) is 23.6 Å². The van der Waals surface area contributed by atoms with Crippen LogP contribution < -0.4 is 5.63 Å². The van der Waals surface area contributed by atoms with Crippen molar-refractivity contribution >= 4 is 34.1 Å². The highest BCUT2D eigenvalue weighted by atomic mass is 32.2. The first kappa shape index (κ1) is 18.0. The third-order valence-corrected chi connectivity index (χ3v) is 6.53. The van der Waals surface area contributed by atoms with E-state index in [2.05, 4.69) is 33.8 Å². The molecule has 4 rings (SSSR count). The van der Waals surface area contributed by atoms with E-state index in [9.17, 15) is 4.79 Å². The minimum Gasteiger partial charge on any atom is -0.422 e. The Morgan fingerprint density at radius 1 is 1.22 bits per heavy atom. The molecule has 1 aromatic carbocycles. The Bertz CT molecular complexity index is 1160. The van der Waals surface area contributed by atoms with Crippen molar-refractivity contribution in [2.24, 2.45) is 0 Å². The van der Waals surface area contributed by atoms with E-state index in [-0.39, 0.29) is 5.63 Å². The molecule has 0 amide bonds. The second-order valence-electron chi connectivity index (χ2n) is 6.29. The molecule has 4 aromatic rings. The lowest BCUT2D eigenvalue weighted by atomic mass is 10.0. The van der Waals surface area contributed by atoms with Gasteiger partial charge in [0.2, 0.25) is 0 Å². The summed E-state index contributed by atoms with van der Waals surface area (Å²) in [5, 5.41) is 12.6. The van der Waals surface area contributed by atoms with Crippen LogP contribution in [0.2, 0.25) is 0 Å². The fourth-order valence-corrected chi connectivity index (χ4v) is 4.77. The zero-order valence-electron chi connectivity index (χ0n) is 15.4. The quantitative estimate of drug-likeness (QED) is 0.349. The van der Waals surface area contributed by atoms with Crippen LogP contribution in [0.3, 0.4) is 0 Å². The standard InChI is InChI=1S/C20H19N3O2S2/c1-4-23-19(16-6-5-9-26-16)21-22-20(23)27-11-14-10-17(24)25-18-13(3)12(2)7-8-15(14)18/h5-10H,4,11H2,1-3H3. The Morgan fingerprint density at radius 2 is 2.07 bits per heavy atom. The van der Waals surface area contributed by atoms with Gasteiger partial charge in [-0.1, -0.05) is 30.0 Å². The minimum atomic E-state index is -0.317. The zero-order chi connectivity index (χ0) is 19.0. The molecule has 0 fully saturated rings. The molecule has 0 N–H and O–H groups in total. The predicted molar refractivity (Wildman–Crippen MR) is 111 cm³/mol. The number of thioether (sulfide) groups is 1. The van der Waals surface area contributed by atoms with Crippen LogP contribution in [-0.2, 0) is 12.3 Å². The van der Waals surface area contributed by atoms with E-state index < -0.39 is 0 Å². The Balaban J connectivity index is 1.69. The summed E-state index contributed by atoms with van der Waals surface area (Å²) in [6.45, 7) is 6.88. The van der Waals surface area contributed by atoms with Crippen LogP contribution in [0.25, 0.3) is 21.7 Å². The van der Waals surface area contributed by atoms with E-state index in [1.165, 1.54) is 0 Å². The van der Waals surface area contributed by atoms with Gasteiger partial charge in [0.15, 0.2) is 11.0 Å². The molecule has 0 spiro atoms. The lowest BCUT2D eigenvalue weighted by Crippen LogP contribution is -2.02. The summed E-state index contributed by atoms with van der Waals surface area (Å²) in [5.41, 5.74) is 3.44. The molecule has 0 radical (unpaired) electrons. The normalized spacial score (nSPS) is 11.4. The van der Waals surface area contributed by atoms with Crippen molar-refractivity contribution in [2.75, 3.05) is 0 Å². The summed E-state index contributed by atoms with van der Waals surface area (Å²) in [5.74, 6) is 1.52. The van der Waals surface area contributed by atoms with E-state index in [0.717, 1.165) is 44.5 Å². The number of thiophene rings is 1. The molecule has 0 aliphatic heterocycles. The first-order valence-corrected chi connectivity index (χ1v) is 10.6. The molecule has 0 aliphatic carbocycles. The smallest absolute Gasteiger partial charge is 0.336 e. The van der Waals surface area contributed by atoms with Gasteiger partial charge in [0, 0.05) is 23.8 Å². The molecule has 0 saturated heterocycles. The number of aryl methyl sites for hydroxylation is 2. The van der Waals surface area contributed by atoms with E-state index in [1.54, 1.807) is 29.2 Å². The Hall–Kier alpha value is -2.38. The predicted octanol–water partition coefficient (Wildman–Crippen LogP) is 5.04. The molecule has 7 heteroatoms. The van der Waals surface area contributed by atoms with E-state index >= 15 is 0 Å². The lowest BCUT2D eigenvalue weighted by Gasteiger charge is -2.09. The van der Waals surface area contributed by atoms with Gasteiger partial charge in [-0.05, 0) is 48.9 Å². The van der Waals surface area contributed by atoms with Crippen molar-refractivity contribution in [1.82, 2.24) is 14.8 Å². The Morgan fingerprint density at radius 3 is 2.81 bits per heavy atom. The average Bonchev–Trinajstić information content (AvgIpc) is 3.32. The van der Waals surface area contributed by atoms with Crippen LogP contribution >= 0.6 is 23.1 Å². The highest BCUT2D eigenvalue weighted by molar-refractivity contribution is 7.98. The van der Waals surface area contributed by atoms with Crippen LogP contribution in [0.5, 0.6) is 0 Å². The van der Waals surface area contributed by atoms with Crippen molar-refractivity contribution < 1.29 is 4.42 Å². The second-order valence-corrected chi connectivity index (χ2v) is 8.18. The molecular weight excluding hydrogens is 378 g/mol. The molecule has 0 unspecified atom stereocenters. The largest absolute Gasteiger partial charge is 0.422 e. The number of rotatable bonds is 5. The molecule has 5 nitrogen and oxygen atoms in total. The first-order valence-electron chi connectivity index (χ1n) is 8.71. The first-order chi connectivity index (χ1) is 13.1. The summed E-state index contributed by atoms with van der Waals surface area (Å²) < 4.78 is 7.58. The number of hydrogen-bond donors (Lipinski definition) is 0. The maximum Gasteiger partial charge on any atom is 0.336 e. The fourth-order valence-electron chi connectivity index (χ4n) is 3.05. The maximum atomic E-state index is 12.1. The maximum absolute atomic E-state index is 12.1. The highest BCUT2D eigenvalue weighted by Crippen LogP contribution is 2.31. The topological polar surface area (TPSA) is 60.9 Å². The number of benzene rings is 1. The summed E-state index contributed by atoms with van der Waals surface area (Å²) >= 11 is 3.24. The third-order valence-electron chi connectivity index (χ3n) is 4.65.